The Bertz CT molecular complexity index is 493. The van der Waals surface area contributed by atoms with Gasteiger partial charge in [-0.2, -0.15) is 0 Å². The minimum Gasteiger partial charge on any atom is -0.411 e. The van der Waals surface area contributed by atoms with E-state index in [2.05, 4.69) is 5.16 Å². The van der Waals surface area contributed by atoms with Crippen LogP contribution in [0.25, 0.3) is 0 Å². The van der Waals surface area contributed by atoms with Gasteiger partial charge in [-0.25, -0.2) is 12.8 Å². The molecule has 0 spiro atoms. The molecule has 6 heteroatoms. The number of rotatable bonds is 3. The first-order chi connectivity index (χ1) is 7.36. The van der Waals surface area contributed by atoms with Crippen molar-refractivity contribution in [3.05, 3.63) is 35.6 Å². The van der Waals surface area contributed by atoms with E-state index in [1.807, 2.05) is 0 Å². The maximum Gasteiger partial charge on any atom is 0.155 e. The summed E-state index contributed by atoms with van der Waals surface area (Å²) in [6.45, 7) is 1.41. The fourth-order valence-corrected chi connectivity index (χ4v) is 1.79. The summed E-state index contributed by atoms with van der Waals surface area (Å²) in [6, 6.07) is 5.09. The zero-order valence-electron chi connectivity index (χ0n) is 8.88. The van der Waals surface area contributed by atoms with Gasteiger partial charge in [0.15, 0.2) is 9.84 Å². The second-order valence-electron chi connectivity index (χ2n) is 3.46. The van der Waals surface area contributed by atoms with Crippen LogP contribution in [0, 0.1) is 5.82 Å². The van der Waals surface area contributed by atoms with Crippen LogP contribution in [0.4, 0.5) is 4.39 Å². The molecule has 0 bridgehead atoms. The van der Waals surface area contributed by atoms with Crippen molar-refractivity contribution in [3.8, 4) is 0 Å². The average Bonchev–Trinajstić information content (AvgIpc) is 2.20. The molecule has 0 aliphatic heterocycles. The largest absolute Gasteiger partial charge is 0.411 e. The van der Waals surface area contributed by atoms with Gasteiger partial charge in [0.25, 0.3) is 0 Å². The lowest BCUT2D eigenvalue weighted by molar-refractivity contribution is 0.318. The zero-order valence-corrected chi connectivity index (χ0v) is 9.70. The number of halogens is 1. The highest BCUT2D eigenvalue weighted by Gasteiger charge is 2.23. The fraction of sp³-hybridized carbons (Fsp3) is 0.300. The van der Waals surface area contributed by atoms with E-state index in [9.17, 15) is 12.8 Å². The van der Waals surface area contributed by atoms with Crippen molar-refractivity contribution < 1.29 is 18.0 Å². The number of hydrogen-bond acceptors (Lipinski definition) is 4. The molecule has 0 saturated heterocycles. The van der Waals surface area contributed by atoms with Crippen LogP contribution in [0.2, 0.25) is 0 Å². The number of benzene rings is 1. The van der Waals surface area contributed by atoms with E-state index in [4.69, 9.17) is 5.21 Å². The quantitative estimate of drug-likeness (QED) is 0.497. The fourth-order valence-electron chi connectivity index (χ4n) is 1.20. The van der Waals surface area contributed by atoms with Crippen molar-refractivity contribution in [3.63, 3.8) is 0 Å². The lowest BCUT2D eigenvalue weighted by Gasteiger charge is -2.11. The van der Waals surface area contributed by atoms with Crippen LogP contribution < -0.4 is 0 Å². The Labute approximate surface area is 93.3 Å². The summed E-state index contributed by atoms with van der Waals surface area (Å²) >= 11 is 0. The molecule has 1 rings (SSSR count). The summed E-state index contributed by atoms with van der Waals surface area (Å²) < 4.78 is 35.3. The Hall–Kier alpha value is -1.43. The molecule has 1 aromatic rings. The number of nitrogens with zero attached hydrogens (tertiary/aromatic N) is 1. The SMILES string of the molecule is C[C@@H](/C(=N\O)c1ccc(F)cc1)S(C)(=O)=O. The standard InChI is InChI=1S/C10H12FNO3S/c1-7(16(2,14)15)10(12-13)8-3-5-9(11)6-4-8/h3-7,13H,1-2H3/b12-10+/t7-/m0/s1. The average molecular weight is 245 g/mol. The van der Waals surface area contributed by atoms with Gasteiger partial charge in [0.2, 0.25) is 0 Å². The van der Waals surface area contributed by atoms with Crippen molar-refractivity contribution in [2.24, 2.45) is 5.16 Å². The lowest BCUT2D eigenvalue weighted by Crippen LogP contribution is -2.27. The third kappa shape index (κ3) is 2.79. The minimum absolute atomic E-state index is 0.00231. The molecule has 0 aliphatic rings. The van der Waals surface area contributed by atoms with Crippen LogP contribution in [-0.2, 0) is 9.84 Å². The van der Waals surface area contributed by atoms with E-state index >= 15 is 0 Å². The van der Waals surface area contributed by atoms with Crippen LogP contribution in [0.15, 0.2) is 29.4 Å². The van der Waals surface area contributed by atoms with Crippen molar-refractivity contribution in [2.45, 2.75) is 12.2 Å². The van der Waals surface area contributed by atoms with Crippen molar-refractivity contribution in [1.29, 1.82) is 0 Å². The minimum atomic E-state index is -3.36. The monoisotopic (exact) mass is 245 g/mol. The number of oxime groups is 1. The highest BCUT2D eigenvalue weighted by molar-refractivity contribution is 7.92. The van der Waals surface area contributed by atoms with Gasteiger partial charge in [-0.05, 0) is 19.1 Å². The third-order valence-corrected chi connectivity index (χ3v) is 3.78. The van der Waals surface area contributed by atoms with Crippen LogP contribution >= 0.6 is 0 Å². The molecule has 1 atom stereocenters. The van der Waals surface area contributed by atoms with E-state index < -0.39 is 20.9 Å². The molecule has 0 radical (unpaired) electrons. The predicted molar refractivity (Wildman–Crippen MR) is 59.0 cm³/mol. The Kier molecular flexibility index (Phi) is 3.64. The summed E-state index contributed by atoms with van der Waals surface area (Å²) in [5, 5.41) is 10.8. The zero-order chi connectivity index (χ0) is 12.3. The van der Waals surface area contributed by atoms with Gasteiger partial charge in [-0.1, -0.05) is 17.3 Å². The van der Waals surface area contributed by atoms with Crippen molar-refractivity contribution in [1.82, 2.24) is 0 Å². The molecule has 0 amide bonds. The molecule has 0 heterocycles. The first-order valence-electron chi connectivity index (χ1n) is 4.53. The smallest absolute Gasteiger partial charge is 0.155 e. The Morgan fingerprint density at radius 1 is 1.38 bits per heavy atom. The van der Waals surface area contributed by atoms with Gasteiger partial charge < -0.3 is 5.21 Å². The van der Waals surface area contributed by atoms with Gasteiger partial charge in [0, 0.05) is 11.8 Å². The third-order valence-electron chi connectivity index (χ3n) is 2.28. The van der Waals surface area contributed by atoms with Crippen molar-refractivity contribution >= 4 is 15.5 Å². The highest BCUT2D eigenvalue weighted by atomic mass is 32.2. The second-order valence-corrected chi connectivity index (χ2v) is 5.83. The molecule has 1 N–H and O–H groups in total. The van der Waals surface area contributed by atoms with Gasteiger partial charge in [-0.15, -0.1) is 0 Å². The van der Waals surface area contributed by atoms with Gasteiger partial charge in [0.05, 0.1) is 0 Å². The first-order valence-corrected chi connectivity index (χ1v) is 6.48. The van der Waals surface area contributed by atoms with Gasteiger partial charge >= 0.3 is 0 Å². The topological polar surface area (TPSA) is 66.7 Å². The predicted octanol–water partition coefficient (Wildman–Crippen LogP) is 1.44. The second kappa shape index (κ2) is 4.61. The molecule has 16 heavy (non-hydrogen) atoms. The van der Waals surface area contributed by atoms with Crippen LogP contribution in [-0.4, -0.2) is 30.8 Å². The molecule has 0 aromatic heterocycles. The molecule has 88 valence electrons. The van der Waals surface area contributed by atoms with Gasteiger partial charge in [-0.3, -0.25) is 0 Å². The molecular weight excluding hydrogens is 233 g/mol. The summed E-state index contributed by atoms with van der Waals surface area (Å²) in [5.74, 6) is -0.437. The highest BCUT2D eigenvalue weighted by Crippen LogP contribution is 2.11. The molecule has 4 nitrogen and oxygen atoms in total. The van der Waals surface area contributed by atoms with E-state index in [0.717, 1.165) is 6.26 Å². The summed E-state index contributed by atoms with van der Waals surface area (Å²) in [5.41, 5.74) is 0.379. The molecule has 1 aromatic carbocycles. The summed E-state index contributed by atoms with van der Waals surface area (Å²) in [6.07, 6.45) is 1.05. The molecule has 0 unspecified atom stereocenters. The van der Waals surface area contributed by atoms with Gasteiger partial charge in [0.1, 0.15) is 16.8 Å². The Balaban J connectivity index is 3.15. The summed E-state index contributed by atoms with van der Waals surface area (Å²) in [7, 11) is -3.36. The molecule has 0 fully saturated rings. The maximum absolute atomic E-state index is 12.7. The molecule has 0 aliphatic carbocycles. The van der Waals surface area contributed by atoms with E-state index in [0.29, 0.717) is 5.56 Å². The number of hydrogen-bond donors (Lipinski definition) is 1. The van der Waals surface area contributed by atoms with Crippen molar-refractivity contribution in [2.75, 3.05) is 6.26 Å². The molecule has 0 saturated carbocycles. The van der Waals surface area contributed by atoms with E-state index in [-0.39, 0.29) is 5.71 Å². The molecular formula is C10H12FNO3S. The first kappa shape index (κ1) is 12.6. The Morgan fingerprint density at radius 3 is 2.25 bits per heavy atom. The van der Waals surface area contributed by atoms with E-state index in [1.54, 1.807) is 0 Å². The Morgan fingerprint density at radius 2 is 1.88 bits per heavy atom. The normalized spacial score (nSPS) is 14.8. The van der Waals surface area contributed by atoms with Crippen LogP contribution in [0.1, 0.15) is 12.5 Å². The van der Waals surface area contributed by atoms with E-state index in [1.165, 1.54) is 31.2 Å². The number of sulfone groups is 1. The maximum atomic E-state index is 12.7. The lowest BCUT2D eigenvalue weighted by atomic mass is 10.1. The van der Waals surface area contributed by atoms with Crippen LogP contribution in [0.3, 0.4) is 0 Å². The van der Waals surface area contributed by atoms with Crippen LogP contribution in [0.5, 0.6) is 0 Å². The summed E-state index contributed by atoms with van der Waals surface area (Å²) in [4.78, 5) is 0.